The minimum absolute atomic E-state index is 0.276. The lowest BCUT2D eigenvalue weighted by Gasteiger charge is -2.03. The van der Waals surface area contributed by atoms with E-state index in [2.05, 4.69) is 0 Å². The van der Waals surface area contributed by atoms with Crippen molar-refractivity contribution in [1.82, 2.24) is 4.57 Å². The molecule has 0 aliphatic rings. The number of nitrogens with two attached hydrogens (primary N) is 1. The third-order valence-electron chi connectivity index (χ3n) is 2.33. The van der Waals surface area contributed by atoms with Gasteiger partial charge >= 0.3 is 0 Å². The van der Waals surface area contributed by atoms with E-state index in [4.69, 9.17) is 5.73 Å². The van der Waals surface area contributed by atoms with Crippen LogP contribution in [0.3, 0.4) is 0 Å². The molecule has 0 bridgehead atoms. The average Bonchev–Trinajstić information content (AvgIpc) is 2.57. The van der Waals surface area contributed by atoms with Gasteiger partial charge in [0.25, 0.3) is 0 Å². The number of anilines is 1. The van der Waals surface area contributed by atoms with Crippen LogP contribution in [-0.4, -0.2) is 11.2 Å². The van der Waals surface area contributed by atoms with E-state index < -0.39 is 0 Å². The molecule has 3 heteroatoms. The first-order valence-corrected chi connectivity index (χ1v) is 4.71. The van der Waals surface area contributed by atoms with Crippen LogP contribution in [0.4, 0.5) is 10.1 Å². The second kappa shape index (κ2) is 3.70. The molecule has 0 atom stereocenters. The fourth-order valence-corrected chi connectivity index (χ4v) is 1.63. The number of hydrogen-bond acceptors (Lipinski definition) is 1. The highest BCUT2D eigenvalue weighted by Crippen LogP contribution is 2.18. The van der Waals surface area contributed by atoms with Gasteiger partial charge in [-0.25, -0.2) is 0 Å². The van der Waals surface area contributed by atoms with Gasteiger partial charge in [-0.1, -0.05) is 6.07 Å². The molecule has 2 N–H and O–H groups in total. The lowest BCUT2D eigenvalue weighted by Crippen LogP contribution is -1.97. The van der Waals surface area contributed by atoms with Gasteiger partial charge in [0.15, 0.2) is 0 Å². The summed E-state index contributed by atoms with van der Waals surface area (Å²) in [5, 5.41) is 1.15. The second-order valence-electron chi connectivity index (χ2n) is 3.37. The van der Waals surface area contributed by atoms with Crippen LogP contribution in [-0.2, 0) is 6.54 Å². The van der Waals surface area contributed by atoms with Crippen LogP contribution < -0.4 is 5.73 Å². The van der Waals surface area contributed by atoms with E-state index in [1.807, 2.05) is 35.0 Å². The minimum atomic E-state index is -0.276. The maximum Gasteiger partial charge on any atom is 0.0911 e. The number of rotatable bonds is 3. The van der Waals surface area contributed by atoms with Crippen LogP contribution in [0.5, 0.6) is 0 Å². The molecule has 2 rings (SSSR count). The van der Waals surface area contributed by atoms with Gasteiger partial charge in [-0.15, -0.1) is 0 Å². The van der Waals surface area contributed by atoms with E-state index in [-0.39, 0.29) is 6.67 Å². The Labute approximate surface area is 82.1 Å². The highest BCUT2D eigenvalue weighted by Gasteiger charge is 2.00. The molecule has 14 heavy (non-hydrogen) atoms. The van der Waals surface area contributed by atoms with Gasteiger partial charge in [-0.05, 0) is 30.0 Å². The monoisotopic (exact) mass is 192 g/mol. The molecule has 0 saturated carbocycles. The second-order valence-corrected chi connectivity index (χ2v) is 3.37. The summed E-state index contributed by atoms with van der Waals surface area (Å²) in [7, 11) is 0. The molecule has 0 unspecified atom stereocenters. The standard InChI is InChI=1S/C11H13FN2/c12-5-1-6-14-7-4-9-2-3-10(13)8-11(9)14/h2-4,7-8H,1,5-6,13H2. The number of nitrogens with zero attached hydrogens (tertiary/aromatic N) is 1. The van der Waals surface area contributed by atoms with Crippen molar-refractivity contribution in [3.05, 3.63) is 30.5 Å². The number of nitrogen functional groups attached to an aromatic ring is 1. The molecule has 0 saturated heterocycles. The Balaban J connectivity index is 2.40. The third kappa shape index (κ3) is 1.58. The maximum atomic E-state index is 12.0. The Kier molecular flexibility index (Phi) is 2.39. The predicted octanol–water partition coefficient (Wildman–Crippen LogP) is 2.58. The smallest absolute Gasteiger partial charge is 0.0911 e. The number of benzene rings is 1. The van der Waals surface area contributed by atoms with Crippen LogP contribution in [0.15, 0.2) is 30.5 Å². The summed E-state index contributed by atoms with van der Waals surface area (Å²) in [4.78, 5) is 0. The number of aryl methyl sites for hydroxylation is 1. The predicted molar refractivity (Wildman–Crippen MR) is 56.9 cm³/mol. The average molecular weight is 192 g/mol. The van der Waals surface area contributed by atoms with Gasteiger partial charge in [0.05, 0.1) is 12.2 Å². The Bertz CT molecular complexity index is 434. The first kappa shape index (κ1) is 9.06. The molecule has 0 spiro atoms. The van der Waals surface area contributed by atoms with Crippen LogP contribution >= 0.6 is 0 Å². The zero-order valence-corrected chi connectivity index (χ0v) is 7.91. The van der Waals surface area contributed by atoms with Crippen molar-refractivity contribution >= 4 is 16.6 Å². The third-order valence-corrected chi connectivity index (χ3v) is 2.33. The molecule has 0 aliphatic heterocycles. The van der Waals surface area contributed by atoms with E-state index >= 15 is 0 Å². The summed E-state index contributed by atoms with van der Waals surface area (Å²) >= 11 is 0. The zero-order chi connectivity index (χ0) is 9.97. The topological polar surface area (TPSA) is 30.9 Å². The van der Waals surface area contributed by atoms with E-state index in [9.17, 15) is 4.39 Å². The molecule has 74 valence electrons. The fourth-order valence-electron chi connectivity index (χ4n) is 1.63. The highest BCUT2D eigenvalue weighted by molar-refractivity contribution is 5.83. The van der Waals surface area contributed by atoms with Crippen molar-refractivity contribution < 1.29 is 4.39 Å². The van der Waals surface area contributed by atoms with Gasteiger partial charge in [0.1, 0.15) is 0 Å². The SMILES string of the molecule is Nc1ccc2ccn(CCCF)c2c1. The number of fused-ring (bicyclic) bond motifs is 1. The minimum Gasteiger partial charge on any atom is -0.399 e. The molecule has 2 nitrogen and oxygen atoms in total. The van der Waals surface area contributed by atoms with E-state index in [0.29, 0.717) is 13.0 Å². The summed E-state index contributed by atoms with van der Waals surface area (Å²) in [6, 6.07) is 7.80. The maximum absolute atomic E-state index is 12.0. The van der Waals surface area contributed by atoms with Gasteiger partial charge in [-0.2, -0.15) is 0 Å². The van der Waals surface area contributed by atoms with Gasteiger partial charge in [0.2, 0.25) is 0 Å². The Morgan fingerprint density at radius 2 is 2.14 bits per heavy atom. The van der Waals surface area contributed by atoms with E-state index in [1.165, 1.54) is 0 Å². The van der Waals surface area contributed by atoms with Gasteiger partial charge in [-0.3, -0.25) is 4.39 Å². The number of hydrogen-bond donors (Lipinski definition) is 1. The zero-order valence-electron chi connectivity index (χ0n) is 7.91. The number of aromatic nitrogens is 1. The van der Waals surface area contributed by atoms with Crippen molar-refractivity contribution in [3.8, 4) is 0 Å². The largest absolute Gasteiger partial charge is 0.399 e. The van der Waals surface area contributed by atoms with Crippen molar-refractivity contribution in [1.29, 1.82) is 0 Å². The van der Waals surface area contributed by atoms with Crippen molar-refractivity contribution in [2.24, 2.45) is 0 Å². The first-order valence-electron chi connectivity index (χ1n) is 4.71. The molecule has 0 aliphatic carbocycles. The Morgan fingerprint density at radius 1 is 1.29 bits per heavy atom. The summed E-state index contributed by atoms with van der Waals surface area (Å²) in [6.45, 7) is 0.436. The van der Waals surface area contributed by atoms with E-state index in [1.54, 1.807) is 0 Å². The first-order chi connectivity index (χ1) is 6.81. The van der Waals surface area contributed by atoms with Crippen LogP contribution in [0.2, 0.25) is 0 Å². The molecule has 0 amide bonds. The van der Waals surface area contributed by atoms with Crippen molar-refractivity contribution in [3.63, 3.8) is 0 Å². The van der Waals surface area contributed by atoms with Gasteiger partial charge < -0.3 is 10.3 Å². The number of halogens is 1. The van der Waals surface area contributed by atoms with Crippen molar-refractivity contribution in [2.45, 2.75) is 13.0 Å². The number of alkyl halides is 1. The molecule has 0 radical (unpaired) electrons. The molecular formula is C11H13FN2. The summed E-state index contributed by atoms with van der Waals surface area (Å²) < 4.78 is 14.1. The van der Waals surface area contributed by atoms with Crippen molar-refractivity contribution in [2.75, 3.05) is 12.4 Å². The molecule has 1 aromatic heterocycles. The Hall–Kier alpha value is -1.51. The lowest BCUT2D eigenvalue weighted by molar-refractivity contribution is 0.450. The molecular weight excluding hydrogens is 179 g/mol. The molecule has 1 heterocycles. The molecule has 2 aromatic rings. The normalized spacial score (nSPS) is 10.9. The van der Waals surface area contributed by atoms with E-state index in [0.717, 1.165) is 16.6 Å². The summed E-state index contributed by atoms with van der Waals surface area (Å²) in [5.74, 6) is 0. The quantitative estimate of drug-likeness (QED) is 0.744. The summed E-state index contributed by atoms with van der Waals surface area (Å²) in [6.07, 6.45) is 2.53. The summed E-state index contributed by atoms with van der Waals surface area (Å²) in [5.41, 5.74) is 7.52. The van der Waals surface area contributed by atoms with Crippen LogP contribution in [0.1, 0.15) is 6.42 Å². The molecule has 0 fully saturated rings. The Morgan fingerprint density at radius 3 is 2.93 bits per heavy atom. The van der Waals surface area contributed by atoms with Crippen LogP contribution in [0, 0.1) is 0 Å². The fraction of sp³-hybridized carbons (Fsp3) is 0.273. The highest BCUT2D eigenvalue weighted by atomic mass is 19.1. The van der Waals surface area contributed by atoms with Gasteiger partial charge in [0, 0.05) is 18.4 Å². The van der Waals surface area contributed by atoms with Crippen LogP contribution in [0.25, 0.3) is 10.9 Å². The lowest BCUT2D eigenvalue weighted by atomic mass is 10.2. The molecule has 1 aromatic carbocycles.